The molecule has 0 saturated heterocycles. The van der Waals surface area contributed by atoms with E-state index in [1.807, 2.05) is 0 Å². The van der Waals surface area contributed by atoms with E-state index in [-0.39, 0.29) is 0 Å². The van der Waals surface area contributed by atoms with Gasteiger partial charge in [0.25, 0.3) is 0 Å². The number of hydrogen-bond acceptors (Lipinski definition) is 2. The molecule has 0 fully saturated rings. The van der Waals surface area contributed by atoms with Crippen LogP contribution in [0, 0.1) is 11.3 Å². The summed E-state index contributed by atoms with van der Waals surface area (Å²) in [6.45, 7) is 10.0. The summed E-state index contributed by atoms with van der Waals surface area (Å²) in [6.07, 6.45) is 19.3. The van der Waals surface area contributed by atoms with Crippen molar-refractivity contribution in [2.45, 2.75) is 125 Å². The molecule has 0 rings (SSSR count). The van der Waals surface area contributed by atoms with Crippen LogP contribution in [0.2, 0.25) is 0 Å². The lowest BCUT2D eigenvalue weighted by Gasteiger charge is -2.08. The van der Waals surface area contributed by atoms with Gasteiger partial charge in [0, 0.05) is 6.61 Å². The van der Waals surface area contributed by atoms with E-state index in [0.29, 0.717) is 6.61 Å². The van der Waals surface area contributed by atoms with Gasteiger partial charge in [0.05, 0.1) is 5.41 Å². The van der Waals surface area contributed by atoms with Crippen LogP contribution in [0.5, 0.6) is 0 Å². The number of aliphatic carboxylic acids is 1. The summed E-state index contributed by atoms with van der Waals surface area (Å²) in [5.41, 5.74) is -0.583. The van der Waals surface area contributed by atoms with E-state index in [2.05, 4.69) is 13.8 Å². The molecule has 0 saturated carbocycles. The zero-order chi connectivity index (χ0) is 20.3. The maximum absolute atomic E-state index is 10.0. The SMILES string of the molecule is CC(C)(C)C(=O)O.CC(C)CCCCCCCCCCCCCCCO. The Labute approximate surface area is 164 Å². The van der Waals surface area contributed by atoms with Gasteiger partial charge in [0.1, 0.15) is 0 Å². The highest BCUT2D eigenvalue weighted by atomic mass is 16.4. The Balaban J connectivity index is 0. The van der Waals surface area contributed by atoms with E-state index < -0.39 is 11.4 Å². The van der Waals surface area contributed by atoms with Crippen molar-refractivity contribution in [3.05, 3.63) is 0 Å². The van der Waals surface area contributed by atoms with Crippen LogP contribution in [0.1, 0.15) is 125 Å². The van der Waals surface area contributed by atoms with Crippen LogP contribution in [0.25, 0.3) is 0 Å². The number of carboxylic acid groups (broad SMARTS) is 1. The van der Waals surface area contributed by atoms with Gasteiger partial charge in [-0.15, -0.1) is 0 Å². The second kappa shape index (κ2) is 19.2. The lowest BCUT2D eigenvalue weighted by Crippen LogP contribution is -2.18. The Morgan fingerprint density at radius 1 is 0.692 bits per heavy atom. The van der Waals surface area contributed by atoms with Crippen LogP contribution in [-0.4, -0.2) is 22.8 Å². The fourth-order valence-corrected chi connectivity index (χ4v) is 2.61. The summed E-state index contributed by atoms with van der Waals surface area (Å²) in [5.74, 6) is 0.130. The van der Waals surface area contributed by atoms with Crippen LogP contribution < -0.4 is 0 Å². The topological polar surface area (TPSA) is 57.5 Å². The van der Waals surface area contributed by atoms with Gasteiger partial charge >= 0.3 is 5.97 Å². The van der Waals surface area contributed by atoms with Crippen LogP contribution in [0.15, 0.2) is 0 Å². The van der Waals surface area contributed by atoms with Gasteiger partial charge in [-0.1, -0.05) is 97.3 Å². The molecule has 3 nitrogen and oxygen atoms in total. The third-order valence-electron chi connectivity index (χ3n) is 4.58. The van der Waals surface area contributed by atoms with E-state index in [9.17, 15) is 4.79 Å². The third kappa shape index (κ3) is 25.7. The molecular weight excluding hydrogens is 324 g/mol. The lowest BCUT2D eigenvalue weighted by atomic mass is 9.98. The van der Waals surface area contributed by atoms with E-state index in [0.717, 1.165) is 12.3 Å². The number of aliphatic hydroxyl groups excluding tert-OH is 1. The normalized spacial score (nSPS) is 11.3. The minimum Gasteiger partial charge on any atom is -0.481 e. The number of hydrogen-bond donors (Lipinski definition) is 2. The van der Waals surface area contributed by atoms with E-state index in [1.54, 1.807) is 20.8 Å². The maximum Gasteiger partial charge on any atom is 0.308 e. The lowest BCUT2D eigenvalue weighted by molar-refractivity contribution is -0.145. The van der Waals surface area contributed by atoms with Gasteiger partial charge in [-0.2, -0.15) is 0 Å². The molecule has 0 aromatic rings. The van der Waals surface area contributed by atoms with Crippen LogP contribution in [0.3, 0.4) is 0 Å². The molecule has 0 aliphatic heterocycles. The number of carboxylic acids is 1. The van der Waals surface area contributed by atoms with Crippen molar-refractivity contribution in [2.24, 2.45) is 11.3 Å². The monoisotopic (exact) mass is 372 g/mol. The van der Waals surface area contributed by atoms with E-state index >= 15 is 0 Å². The number of rotatable bonds is 15. The fraction of sp³-hybridized carbons (Fsp3) is 0.957. The first-order chi connectivity index (χ1) is 12.2. The molecule has 0 aromatic carbocycles. The highest BCUT2D eigenvalue weighted by Crippen LogP contribution is 2.14. The Morgan fingerprint density at radius 3 is 1.19 bits per heavy atom. The standard InChI is InChI=1S/C18H38O.C5H10O2/c1-18(2)16-14-12-10-8-6-4-3-5-7-9-11-13-15-17-19;1-5(2,3)4(6)7/h18-19H,3-17H2,1-2H3;1-3H3,(H,6,7). The first kappa shape index (κ1) is 27.6. The van der Waals surface area contributed by atoms with Crippen molar-refractivity contribution in [1.29, 1.82) is 0 Å². The summed E-state index contributed by atoms with van der Waals surface area (Å²) < 4.78 is 0. The first-order valence-corrected chi connectivity index (χ1v) is 11.1. The minimum absolute atomic E-state index is 0.372. The molecule has 2 N–H and O–H groups in total. The molecule has 3 heteroatoms. The Bertz CT molecular complexity index is 292. The van der Waals surface area contributed by atoms with Crippen molar-refractivity contribution >= 4 is 5.97 Å². The third-order valence-corrected chi connectivity index (χ3v) is 4.58. The van der Waals surface area contributed by atoms with Crippen molar-refractivity contribution in [2.75, 3.05) is 6.61 Å². The van der Waals surface area contributed by atoms with Crippen LogP contribution in [-0.2, 0) is 4.79 Å². The van der Waals surface area contributed by atoms with Gasteiger partial charge in [-0.25, -0.2) is 0 Å². The van der Waals surface area contributed by atoms with Crippen molar-refractivity contribution < 1.29 is 15.0 Å². The maximum atomic E-state index is 10.0. The average molecular weight is 373 g/mol. The highest BCUT2D eigenvalue weighted by molar-refractivity contribution is 5.72. The first-order valence-electron chi connectivity index (χ1n) is 11.1. The van der Waals surface area contributed by atoms with Crippen molar-refractivity contribution in [1.82, 2.24) is 0 Å². The Kier molecular flexibility index (Phi) is 20.4. The second-order valence-corrected chi connectivity index (χ2v) is 9.06. The van der Waals surface area contributed by atoms with Crippen LogP contribution >= 0.6 is 0 Å². The Hall–Kier alpha value is -0.570. The molecule has 0 amide bonds. The van der Waals surface area contributed by atoms with Crippen LogP contribution in [0.4, 0.5) is 0 Å². The zero-order valence-corrected chi connectivity index (χ0v) is 18.5. The molecule has 0 aromatic heterocycles. The van der Waals surface area contributed by atoms with Gasteiger partial charge in [0.2, 0.25) is 0 Å². The fourth-order valence-electron chi connectivity index (χ4n) is 2.61. The predicted molar refractivity (Wildman–Crippen MR) is 114 cm³/mol. The minimum atomic E-state index is -0.757. The largest absolute Gasteiger partial charge is 0.481 e. The molecule has 0 unspecified atom stereocenters. The molecule has 0 aliphatic carbocycles. The summed E-state index contributed by atoms with van der Waals surface area (Å²) >= 11 is 0. The molecule has 0 heterocycles. The Morgan fingerprint density at radius 2 is 0.962 bits per heavy atom. The van der Waals surface area contributed by atoms with Gasteiger partial charge in [0.15, 0.2) is 0 Å². The van der Waals surface area contributed by atoms with E-state index in [1.165, 1.54) is 83.5 Å². The van der Waals surface area contributed by atoms with Gasteiger partial charge < -0.3 is 10.2 Å². The molecule has 26 heavy (non-hydrogen) atoms. The zero-order valence-electron chi connectivity index (χ0n) is 18.5. The number of unbranched alkanes of at least 4 members (excludes halogenated alkanes) is 12. The van der Waals surface area contributed by atoms with Crippen molar-refractivity contribution in [3.8, 4) is 0 Å². The van der Waals surface area contributed by atoms with Gasteiger partial charge in [-0.3, -0.25) is 4.79 Å². The second-order valence-electron chi connectivity index (χ2n) is 9.06. The molecule has 0 bridgehead atoms. The molecule has 158 valence electrons. The molecule has 0 atom stereocenters. The number of aliphatic hydroxyl groups is 1. The number of carbonyl (C=O) groups is 1. The molecule has 0 radical (unpaired) electrons. The molecule has 0 aliphatic rings. The van der Waals surface area contributed by atoms with E-state index in [4.69, 9.17) is 10.2 Å². The summed E-state index contributed by atoms with van der Waals surface area (Å²) in [7, 11) is 0. The summed E-state index contributed by atoms with van der Waals surface area (Å²) in [5, 5.41) is 16.9. The predicted octanol–water partition coefficient (Wildman–Crippen LogP) is 7.21. The van der Waals surface area contributed by atoms with Gasteiger partial charge in [-0.05, 0) is 33.1 Å². The quantitative estimate of drug-likeness (QED) is 0.298. The summed E-state index contributed by atoms with van der Waals surface area (Å²) in [6, 6.07) is 0. The highest BCUT2D eigenvalue weighted by Gasteiger charge is 2.18. The molecule has 0 spiro atoms. The smallest absolute Gasteiger partial charge is 0.308 e. The van der Waals surface area contributed by atoms with Crippen molar-refractivity contribution in [3.63, 3.8) is 0 Å². The average Bonchev–Trinajstić information content (AvgIpc) is 2.54. The molecular formula is C23H48O3. The summed E-state index contributed by atoms with van der Waals surface area (Å²) in [4.78, 5) is 10.0.